The fourth-order valence-electron chi connectivity index (χ4n) is 3.17. The van der Waals surface area contributed by atoms with E-state index in [0.29, 0.717) is 22.1 Å². The summed E-state index contributed by atoms with van der Waals surface area (Å²) < 4.78 is 10.5. The molecule has 152 valence electrons. The van der Waals surface area contributed by atoms with E-state index in [1.165, 1.54) is 0 Å². The number of carbonyl (C=O) groups excluding carboxylic acids is 2. The minimum Gasteiger partial charge on any atom is -0.454 e. The van der Waals surface area contributed by atoms with Crippen molar-refractivity contribution in [3.63, 3.8) is 0 Å². The number of hydrogen-bond acceptors (Lipinski definition) is 4. The molecular weight excluding hydrogens is 404 g/mol. The number of amides is 2. The maximum Gasteiger partial charge on any atom is 0.251 e. The van der Waals surface area contributed by atoms with E-state index >= 15 is 0 Å². The first-order chi connectivity index (χ1) is 14.6. The Balaban J connectivity index is 1.42. The highest BCUT2D eigenvalue weighted by Gasteiger charge is 2.19. The van der Waals surface area contributed by atoms with Gasteiger partial charge in [0.2, 0.25) is 12.7 Å². The molecule has 4 rings (SSSR count). The lowest BCUT2D eigenvalue weighted by atomic mass is 9.98. The van der Waals surface area contributed by atoms with E-state index in [-0.39, 0.29) is 31.2 Å². The molecule has 6 nitrogen and oxygen atoms in total. The summed E-state index contributed by atoms with van der Waals surface area (Å²) in [6.45, 7) is -0.0292. The first kappa shape index (κ1) is 19.8. The number of carbonyl (C=O) groups is 2. The molecule has 7 heteroatoms. The van der Waals surface area contributed by atoms with E-state index in [0.717, 1.165) is 11.1 Å². The Morgan fingerprint density at radius 2 is 1.60 bits per heavy atom. The van der Waals surface area contributed by atoms with Crippen molar-refractivity contribution in [2.45, 2.75) is 6.04 Å². The molecule has 1 atom stereocenters. The van der Waals surface area contributed by atoms with Crippen molar-refractivity contribution in [3.05, 3.63) is 94.5 Å². The summed E-state index contributed by atoms with van der Waals surface area (Å²) in [5, 5.41) is 6.23. The number of rotatable bonds is 6. The van der Waals surface area contributed by atoms with Gasteiger partial charge in [0.25, 0.3) is 5.91 Å². The monoisotopic (exact) mass is 422 g/mol. The first-order valence-corrected chi connectivity index (χ1v) is 9.75. The van der Waals surface area contributed by atoms with Gasteiger partial charge < -0.3 is 20.1 Å². The lowest BCUT2D eigenvalue weighted by Gasteiger charge is -2.20. The molecule has 0 unspecified atom stereocenters. The van der Waals surface area contributed by atoms with Crippen LogP contribution in [0.1, 0.15) is 27.5 Å². The highest BCUT2D eigenvalue weighted by atomic mass is 35.5. The highest BCUT2D eigenvalue weighted by Crippen LogP contribution is 2.32. The minimum atomic E-state index is -0.369. The molecule has 0 bridgehead atoms. The molecule has 3 aromatic rings. The zero-order chi connectivity index (χ0) is 20.9. The Hall–Kier alpha value is -3.51. The number of halogens is 1. The van der Waals surface area contributed by atoms with E-state index in [1.54, 1.807) is 30.3 Å². The van der Waals surface area contributed by atoms with Gasteiger partial charge in [0.15, 0.2) is 11.5 Å². The van der Waals surface area contributed by atoms with Crippen LogP contribution in [0.2, 0.25) is 5.02 Å². The average Bonchev–Trinajstić information content (AvgIpc) is 3.25. The number of nitrogens with one attached hydrogen (secondary N) is 2. The zero-order valence-electron chi connectivity index (χ0n) is 15.9. The van der Waals surface area contributed by atoms with Gasteiger partial charge in [-0.25, -0.2) is 0 Å². The Kier molecular flexibility index (Phi) is 5.86. The van der Waals surface area contributed by atoms with E-state index < -0.39 is 0 Å². The number of fused-ring (bicyclic) bond motifs is 1. The molecule has 3 aromatic carbocycles. The number of hydrogen-bond donors (Lipinski definition) is 2. The van der Waals surface area contributed by atoms with Crippen LogP contribution in [-0.2, 0) is 4.79 Å². The van der Waals surface area contributed by atoms with Crippen molar-refractivity contribution in [1.82, 2.24) is 10.6 Å². The standard InChI is InChI=1S/C23H19ClN2O4/c24-18-9-6-16(7-10-18)22(15-4-2-1-3-5-15)26-21(27)13-25-23(28)17-8-11-19-20(12-17)30-14-29-19/h1-12,22H,13-14H2,(H,25,28)(H,26,27)/t22-/m1/s1. The summed E-state index contributed by atoms with van der Waals surface area (Å²) in [6.07, 6.45) is 0. The molecule has 0 saturated heterocycles. The van der Waals surface area contributed by atoms with Crippen molar-refractivity contribution in [1.29, 1.82) is 0 Å². The van der Waals surface area contributed by atoms with Crippen LogP contribution >= 0.6 is 11.6 Å². The SMILES string of the molecule is O=C(CNC(=O)c1ccc2c(c1)OCO2)N[C@H](c1ccccc1)c1ccc(Cl)cc1. The predicted octanol–water partition coefficient (Wildman–Crippen LogP) is 3.70. The second-order valence-corrected chi connectivity index (χ2v) is 7.15. The molecule has 2 N–H and O–H groups in total. The van der Waals surface area contributed by atoms with E-state index in [1.807, 2.05) is 42.5 Å². The lowest BCUT2D eigenvalue weighted by Crippen LogP contribution is -2.39. The van der Waals surface area contributed by atoms with Gasteiger partial charge in [-0.15, -0.1) is 0 Å². The van der Waals surface area contributed by atoms with Crippen molar-refractivity contribution < 1.29 is 19.1 Å². The third-order valence-electron chi connectivity index (χ3n) is 4.69. The van der Waals surface area contributed by atoms with E-state index in [4.69, 9.17) is 21.1 Å². The minimum absolute atomic E-state index is 0.133. The van der Waals surface area contributed by atoms with E-state index in [9.17, 15) is 9.59 Å². The second-order valence-electron chi connectivity index (χ2n) is 6.71. The van der Waals surface area contributed by atoms with Crippen LogP contribution in [0.5, 0.6) is 11.5 Å². The topological polar surface area (TPSA) is 76.7 Å². The van der Waals surface area contributed by atoms with Crippen LogP contribution in [0.3, 0.4) is 0 Å². The second kappa shape index (κ2) is 8.88. The Morgan fingerprint density at radius 3 is 2.37 bits per heavy atom. The molecule has 30 heavy (non-hydrogen) atoms. The fourth-order valence-corrected chi connectivity index (χ4v) is 3.30. The van der Waals surface area contributed by atoms with Gasteiger partial charge in [-0.05, 0) is 41.5 Å². The summed E-state index contributed by atoms with van der Waals surface area (Å²) in [5.41, 5.74) is 2.21. The van der Waals surface area contributed by atoms with Crippen molar-refractivity contribution in [3.8, 4) is 11.5 Å². The summed E-state index contributed by atoms with van der Waals surface area (Å²) >= 11 is 5.99. The molecule has 1 heterocycles. The van der Waals surface area contributed by atoms with Crippen LogP contribution in [0.4, 0.5) is 0 Å². The lowest BCUT2D eigenvalue weighted by molar-refractivity contribution is -0.120. The van der Waals surface area contributed by atoms with Crippen molar-refractivity contribution >= 4 is 23.4 Å². The molecular formula is C23H19ClN2O4. The van der Waals surface area contributed by atoms with Crippen molar-refractivity contribution in [2.24, 2.45) is 0 Å². The fraction of sp³-hybridized carbons (Fsp3) is 0.130. The predicted molar refractivity (Wildman–Crippen MR) is 113 cm³/mol. The number of benzene rings is 3. The van der Waals surface area contributed by atoms with Gasteiger partial charge in [-0.3, -0.25) is 9.59 Å². The molecule has 2 amide bonds. The quantitative estimate of drug-likeness (QED) is 0.635. The van der Waals surface area contributed by atoms with Gasteiger partial charge in [0, 0.05) is 10.6 Å². The Morgan fingerprint density at radius 1 is 0.900 bits per heavy atom. The van der Waals surface area contributed by atoms with Gasteiger partial charge in [0.05, 0.1) is 12.6 Å². The van der Waals surface area contributed by atoms with Gasteiger partial charge in [-0.1, -0.05) is 54.1 Å². The van der Waals surface area contributed by atoms with Crippen LogP contribution < -0.4 is 20.1 Å². The Labute approximate surface area is 178 Å². The van der Waals surface area contributed by atoms with Crippen molar-refractivity contribution in [2.75, 3.05) is 13.3 Å². The molecule has 0 radical (unpaired) electrons. The molecule has 1 aliphatic heterocycles. The normalized spacial score (nSPS) is 12.8. The summed E-state index contributed by atoms with van der Waals surface area (Å²) in [5.74, 6) is 0.427. The summed E-state index contributed by atoms with van der Waals surface area (Å²) in [4.78, 5) is 25.0. The molecule has 0 aliphatic carbocycles. The molecule has 1 aliphatic rings. The molecule has 0 fully saturated rings. The summed E-state index contributed by atoms with van der Waals surface area (Å²) in [7, 11) is 0. The van der Waals surface area contributed by atoms with Crippen LogP contribution in [-0.4, -0.2) is 25.2 Å². The third-order valence-corrected chi connectivity index (χ3v) is 4.94. The largest absolute Gasteiger partial charge is 0.454 e. The van der Waals surface area contributed by atoms with Gasteiger partial charge >= 0.3 is 0 Å². The third kappa shape index (κ3) is 4.55. The van der Waals surface area contributed by atoms with E-state index in [2.05, 4.69) is 10.6 Å². The zero-order valence-corrected chi connectivity index (χ0v) is 16.7. The Bertz CT molecular complexity index is 1050. The first-order valence-electron chi connectivity index (χ1n) is 9.38. The average molecular weight is 423 g/mol. The van der Waals surface area contributed by atoms with Crippen LogP contribution in [0, 0.1) is 0 Å². The molecule has 0 spiro atoms. The van der Waals surface area contributed by atoms with Crippen LogP contribution in [0.15, 0.2) is 72.8 Å². The summed E-state index contributed by atoms with van der Waals surface area (Å²) in [6, 6.07) is 21.4. The highest BCUT2D eigenvalue weighted by molar-refractivity contribution is 6.30. The maximum atomic E-state index is 12.6. The van der Waals surface area contributed by atoms with Gasteiger partial charge in [0.1, 0.15) is 0 Å². The molecule has 0 aromatic heterocycles. The smallest absolute Gasteiger partial charge is 0.251 e. The van der Waals surface area contributed by atoms with Crippen LogP contribution in [0.25, 0.3) is 0 Å². The maximum absolute atomic E-state index is 12.6. The number of ether oxygens (including phenoxy) is 2. The molecule has 0 saturated carbocycles. The van der Waals surface area contributed by atoms with Gasteiger partial charge in [-0.2, -0.15) is 0 Å².